The largest absolute Gasteiger partial charge is 0.296 e. The lowest BCUT2D eigenvalue weighted by Gasteiger charge is -2.23. The Bertz CT molecular complexity index is 357. The third-order valence-electron chi connectivity index (χ3n) is 2.17. The molecule has 1 aromatic carbocycles. The van der Waals surface area contributed by atoms with Crippen molar-refractivity contribution in [3.05, 3.63) is 35.6 Å². The van der Waals surface area contributed by atoms with Crippen molar-refractivity contribution in [2.45, 2.75) is 19.4 Å². The number of nitriles is 1. The topological polar surface area (TPSA) is 35.8 Å². The number of hydrogen-bond donors (Lipinski definition) is 1. The van der Waals surface area contributed by atoms with Crippen LogP contribution in [0.1, 0.15) is 19.4 Å². The minimum atomic E-state index is -0.944. The lowest BCUT2D eigenvalue weighted by atomic mass is 9.93. The first-order valence-electron chi connectivity index (χ1n) is 4.55. The highest BCUT2D eigenvalue weighted by Crippen LogP contribution is 2.22. The van der Waals surface area contributed by atoms with Crippen molar-refractivity contribution in [1.82, 2.24) is 5.32 Å². The van der Waals surface area contributed by atoms with Crippen molar-refractivity contribution in [2.75, 3.05) is 6.54 Å². The first-order valence-corrected chi connectivity index (χ1v) is 4.55. The summed E-state index contributed by atoms with van der Waals surface area (Å²) in [6.45, 7) is 4.18. The standard InChI is InChI=1S/C11H13FN2/c1-3-14-11(2,8-13)9-6-4-5-7-10(9)12/h4-7,14H,3H2,1-2H3. The molecule has 14 heavy (non-hydrogen) atoms. The van der Waals surface area contributed by atoms with Crippen LogP contribution in [0.4, 0.5) is 4.39 Å². The van der Waals surface area contributed by atoms with Crippen molar-refractivity contribution in [3.8, 4) is 6.07 Å². The van der Waals surface area contributed by atoms with Gasteiger partial charge >= 0.3 is 0 Å². The van der Waals surface area contributed by atoms with E-state index in [0.717, 1.165) is 0 Å². The van der Waals surface area contributed by atoms with E-state index in [1.54, 1.807) is 25.1 Å². The fourth-order valence-electron chi connectivity index (χ4n) is 1.42. The highest BCUT2D eigenvalue weighted by molar-refractivity contribution is 5.31. The van der Waals surface area contributed by atoms with Gasteiger partial charge < -0.3 is 0 Å². The van der Waals surface area contributed by atoms with E-state index in [4.69, 9.17) is 5.26 Å². The molecule has 0 saturated heterocycles. The average molecular weight is 192 g/mol. The molecule has 0 spiro atoms. The van der Waals surface area contributed by atoms with E-state index in [1.807, 2.05) is 6.92 Å². The summed E-state index contributed by atoms with van der Waals surface area (Å²) in [5, 5.41) is 12.0. The fraction of sp³-hybridized carbons (Fsp3) is 0.364. The summed E-state index contributed by atoms with van der Waals surface area (Å²) in [6.07, 6.45) is 0. The number of hydrogen-bond acceptors (Lipinski definition) is 2. The molecule has 0 saturated carbocycles. The van der Waals surface area contributed by atoms with Crippen LogP contribution in [0.2, 0.25) is 0 Å². The number of benzene rings is 1. The van der Waals surface area contributed by atoms with Crippen molar-refractivity contribution in [1.29, 1.82) is 5.26 Å². The number of rotatable bonds is 3. The molecular formula is C11H13FN2. The quantitative estimate of drug-likeness (QED) is 0.796. The van der Waals surface area contributed by atoms with Gasteiger partial charge in [-0.15, -0.1) is 0 Å². The molecule has 0 fully saturated rings. The molecule has 1 rings (SSSR count). The molecule has 0 aliphatic rings. The summed E-state index contributed by atoms with van der Waals surface area (Å²) in [5.41, 5.74) is -0.551. The minimum Gasteiger partial charge on any atom is -0.296 e. The van der Waals surface area contributed by atoms with Crippen LogP contribution < -0.4 is 5.32 Å². The van der Waals surface area contributed by atoms with Crippen LogP contribution in [0, 0.1) is 17.1 Å². The van der Waals surface area contributed by atoms with E-state index in [1.165, 1.54) is 6.07 Å². The summed E-state index contributed by atoms with van der Waals surface area (Å²) in [4.78, 5) is 0. The monoisotopic (exact) mass is 192 g/mol. The lowest BCUT2D eigenvalue weighted by Crippen LogP contribution is -2.38. The molecule has 0 aromatic heterocycles. The molecule has 0 heterocycles. The summed E-state index contributed by atoms with van der Waals surface area (Å²) in [7, 11) is 0. The molecule has 0 bridgehead atoms. The van der Waals surface area contributed by atoms with Crippen LogP contribution in [0.5, 0.6) is 0 Å². The van der Waals surface area contributed by atoms with Crippen LogP contribution in [0.3, 0.4) is 0 Å². The van der Waals surface area contributed by atoms with Gasteiger partial charge in [0, 0.05) is 5.56 Å². The molecular weight excluding hydrogens is 179 g/mol. The second-order valence-electron chi connectivity index (χ2n) is 3.25. The van der Waals surface area contributed by atoms with Crippen LogP contribution in [-0.2, 0) is 5.54 Å². The van der Waals surface area contributed by atoms with Gasteiger partial charge in [0.25, 0.3) is 0 Å². The second-order valence-corrected chi connectivity index (χ2v) is 3.25. The Balaban J connectivity index is 3.14. The average Bonchev–Trinajstić information content (AvgIpc) is 2.18. The van der Waals surface area contributed by atoms with Crippen molar-refractivity contribution in [3.63, 3.8) is 0 Å². The molecule has 1 atom stereocenters. The van der Waals surface area contributed by atoms with Gasteiger partial charge in [-0.1, -0.05) is 25.1 Å². The van der Waals surface area contributed by atoms with E-state index < -0.39 is 5.54 Å². The number of nitrogens with zero attached hydrogens (tertiary/aromatic N) is 1. The first-order chi connectivity index (χ1) is 6.64. The fourth-order valence-corrected chi connectivity index (χ4v) is 1.42. The van der Waals surface area contributed by atoms with Gasteiger partial charge in [0.1, 0.15) is 11.4 Å². The van der Waals surface area contributed by atoms with Crippen LogP contribution >= 0.6 is 0 Å². The third-order valence-corrected chi connectivity index (χ3v) is 2.17. The first kappa shape index (κ1) is 10.7. The maximum absolute atomic E-state index is 13.4. The molecule has 1 unspecified atom stereocenters. The van der Waals surface area contributed by atoms with E-state index in [-0.39, 0.29) is 5.82 Å². The SMILES string of the molecule is CCNC(C)(C#N)c1ccccc1F. The van der Waals surface area contributed by atoms with E-state index in [9.17, 15) is 4.39 Å². The molecule has 0 amide bonds. The zero-order valence-corrected chi connectivity index (χ0v) is 8.34. The molecule has 0 radical (unpaired) electrons. The van der Waals surface area contributed by atoms with E-state index in [2.05, 4.69) is 11.4 Å². The second kappa shape index (κ2) is 4.21. The van der Waals surface area contributed by atoms with Crippen LogP contribution in [0.15, 0.2) is 24.3 Å². The predicted octanol–water partition coefficient (Wildman–Crippen LogP) is 2.17. The lowest BCUT2D eigenvalue weighted by molar-refractivity contribution is 0.453. The summed E-state index contributed by atoms with van der Waals surface area (Å²) in [5.74, 6) is -0.350. The van der Waals surface area contributed by atoms with Crippen LogP contribution in [-0.4, -0.2) is 6.54 Å². The molecule has 74 valence electrons. The Labute approximate surface area is 83.4 Å². The zero-order valence-electron chi connectivity index (χ0n) is 8.34. The number of halogens is 1. The zero-order chi connectivity index (χ0) is 10.6. The van der Waals surface area contributed by atoms with Crippen molar-refractivity contribution >= 4 is 0 Å². The summed E-state index contributed by atoms with van der Waals surface area (Å²) in [6, 6.07) is 8.42. The van der Waals surface area contributed by atoms with Gasteiger partial charge in [-0.05, 0) is 19.5 Å². The maximum Gasteiger partial charge on any atom is 0.132 e. The maximum atomic E-state index is 13.4. The minimum absolute atomic E-state index is 0.350. The Hall–Kier alpha value is -1.40. The molecule has 0 aliphatic carbocycles. The molecule has 3 heteroatoms. The highest BCUT2D eigenvalue weighted by atomic mass is 19.1. The molecule has 2 nitrogen and oxygen atoms in total. The van der Waals surface area contributed by atoms with Gasteiger partial charge in [0.2, 0.25) is 0 Å². The predicted molar refractivity (Wildman–Crippen MR) is 53.0 cm³/mol. The molecule has 1 aromatic rings. The molecule has 1 N–H and O–H groups in total. The highest BCUT2D eigenvalue weighted by Gasteiger charge is 2.27. The van der Waals surface area contributed by atoms with Gasteiger partial charge in [0.05, 0.1) is 6.07 Å². The Morgan fingerprint density at radius 3 is 2.64 bits per heavy atom. The van der Waals surface area contributed by atoms with Gasteiger partial charge in [-0.25, -0.2) is 4.39 Å². The van der Waals surface area contributed by atoms with E-state index >= 15 is 0 Å². The van der Waals surface area contributed by atoms with Gasteiger partial charge in [-0.2, -0.15) is 5.26 Å². The Morgan fingerprint density at radius 1 is 1.50 bits per heavy atom. The van der Waals surface area contributed by atoms with E-state index in [0.29, 0.717) is 12.1 Å². The van der Waals surface area contributed by atoms with Gasteiger partial charge in [0.15, 0.2) is 0 Å². The number of nitrogens with one attached hydrogen (secondary N) is 1. The normalized spacial score (nSPS) is 14.4. The third kappa shape index (κ3) is 1.91. The molecule has 0 aliphatic heterocycles. The summed E-state index contributed by atoms with van der Waals surface area (Å²) >= 11 is 0. The van der Waals surface area contributed by atoms with Crippen molar-refractivity contribution < 1.29 is 4.39 Å². The summed E-state index contributed by atoms with van der Waals surface area (Å²) < 4.78 is 13.4. The Kier molecular flexibility index (Phi) is 3.21. The van der Waals surface area contributed by atoms with Crippen molar-refractivity contribution in [2.24, 2.45) is 0 Å². The Morgan fingerprint density at radius 2 is 2.14 bits per heavy atom. The smallest absolute Gasteiger partial charge is 0.132 e. The van der Waals surface area contributed by atoms with Crippen LogP contribution in [0.25, 0.3) is 0 Å². The van der Waals surface area contributed by atoms with Gasteiger partial charge in [-0.3, -0.25) is 5.32 Å².